The van der Waals surface area contributed by atoms with E-state index in [0.717, 1.165) is 0 Å². The highest BCUT2D eigenvalue weighted by Gasteiger charge is 2.31. The number of rotatable bonds is 7. The van der Waals surface area contributed by atoms with Gasteiger partial charge in [-0.25, -0.2) is 9.59 Å². The Balaban J connectivity index is 2.60. The Hall–Kier alpha value is -1.49. The number of carbonyl (C=O) groups is 4. The number of carbonyl (C=O) groups excluding carboxylic acids is 4. The van der Waals surface area contributed by atoms with Crippen LogP contribution >= 0.6 is 67.8 Å². The molecule has 0 aromatic heterocycles. The Bertz CT molecular complexity index is 1020. The first-order valence-electron chi connectivity index (χ1n) is 9.26. The lowest BCUT2D eigenvalue weighted by atomic mass is 10.1. The first-order valence-corrected chi connectivity index (χ1v) is 12.5. The molecule has 0 radical (unpaired) electrons. The summed E-state index contributed by atoms with van der Waals surface area (Å²) in [7, 11) is 0. The molecule has 2 amide bonds. The van der Waals surface area contributed by atoms with E-state index < -0.39 is 18.0 Å². The summed E-state index contributed by atoms with van der Waals surface area (Å²) >= 11 is 5.86. The quantitative estimate of drug-likeness (QED) is 0.307. The minimum Gasteiger partial charge on any atom is -0.463 e. The highest BCUT2D eigenvalue weighted by Crippen LogP contribution is 2.39. The molecular formula is C21H19I3N2O6. The lowest BCUT2D eigenvalue weighted by Crippen LogP contribution is -2.24. The topological polar surface area (TPSA) is 111 Å². The minimum atomic E-state index is -1.28. The van der Waals surface area contributed by atoms with Gasteiger partial charge in [0.1, 0.15) is 0 Å². The third kappa shape index (κ3) is 6.52. The molecule has 1 unspecified atom stereocenters. The van der Waals surface area contributed by atoms with Gasteiger partial charge in [0.05, 0.1) is 34.3 Å². The van der Waals surface area contributed by atoms with Gasteiger partial charge in [0, 0.05) is 19.4 Å². The third-order valence-corrected chi connectivity index (χ3v) is 7.19. The zero-order valence-electron chi connectivity index (χ0n) is 17.3. The van der Waals surface area contributed by atoms with Crippen molar-refractivity contribution >= 4 is 103 Å². The van der Waals surface area contributed by atoms with Crippen LogP contribution in [-0.4, -0.2) is 30.4 Å². The fourth-order valence-electron chi connectivity index (χ4n) is 2.68. The van der Waals surface area contributed by atoms with Crippen molar-refractivity contribution < 1.29 is 28.7 Å². The lowest BCUT2D eigenvalue weighted by molar-refractivity contribution is -0.154. The summed E-state index contributed by atoms with van der Waals surface area (Å²) in [6.07, 6.45) is -1.28. The molecule has 0 saturated heterocycles. The van der Waals surface area contributed by atoms with E-state index in [1.807, 2.05) is 67.8 Å². The van der Waals surface area contributed by atoms with Crippen molar-refractivity contribution in [2.24, 2.45) is 0 Å². The summed E-state index contributed by atoms with van der Waals surface area (Å²) in [5.41, 5.74) is 1.30. The van der Waals surface area contributed by atoms with Gasteiger partial charge in [0.25, 0.3) is 0 Å². The first kappa shape index (κ1) is 26.8. The second-order valence-electron chi connectivity index (χ2n) is 6.38. The Labute approximate surface area is 226 Å². The summed E-state index contributed by atoms with van der Waals surface area (Å²) in [5.74, 6) is -2.19. The van der Waals surface area contributed by atoms with Crippen molar-refractivity contribution in [3.8, 4) is 0 Å². The van der Waals surface area contributed by atoms with Crippen LogP contribution in [0.15, 0.2) is 30.3 Å². The molecule has 0 fully saturated rings. The Morgan fingerprint density at radius 1 is 0.875 bits per heavy atom. The first-order chi connectivity index (χ1) is 15.1. The molecule has 2 N–H and O–H groups in total. The van der Waals surface area contributed by atoms with Crippen molar-refractivity contribution in [2.45, 2.75) is 26.9 Å². The molecule has 2 aromatic rings. The van der Waals surface area contributed by atoms with E-state index in [2.05, 4.69) is 10.6 Å². The highest BCUT2D eigenvalue weighted by atomic mass is 127. The maximum absolute atomic E-state index is 13.3. The standard InChI is InChI=1S/C21H19I3N2O6/c1-4-31-21(30)19(12-8-6-5-7-9-12)32-20(29)13-14(22)17(25-10(2)27)16(24)18(15(13)23)26-11(3)28/h5-9,19H,4H2,1-3H3,(H,25,27)(H,26,28). The number of ether oxygens (including phenoxy) is 2. The molecule has 0 aliphatic carbocycles. The number of esters is 2. The van der Waals surface area contributed by atoms with Crippen LogP contribution in [0.1, 0.15) is 42.8 Å². The zero-order chi connectivity index (χ0) is 24.0. The van der Waals surface area contributed by atoms with E-state index in [0.29, 0.717) is 27.6 Å². The van der Waals surface area contributed by atoms with Crippen molar-refractivity contribution in [1.82, 2.24) is 0 Å². The molecule has 0 aliphatic rings. The van der Waals surface area contributed by atoms with E-state index in [-0.39, 0.29) is 24.0 Å². The number of hydrogen-bond donors (Lipinski definition) is 2. The average Bonchev–Trinajstić information content (AvgIpc) is 2.73. The smallest absolute Gasteiger partial charge is 0.352 e. The van der Waals surface area contributed by atoms with Crippen LogP contribution in [-0.2, 0) is 23.9 Å². The molecule has 0 saturated carbocycles. The van der Waals surface area contributed by atoms with Gasteiger partial charge in [0.15, 0.2) is 0 Å². The predicted octanol–water partition coefficient (Wildman–Crippen LogP) is 4.88. The number of amides is 2. The second-order valence-corrected chi connectivity index (χ2v) is 9.61. The molecule has 2 aromatic carbocycles. The Kier molecular flexibility index (Phi) is 10.1. The van der Waals surface area contributed by atoms with Crippen LogP contribution in [0.25, 0.3) is 0 Å². The average molecular weight is 776 g/mol. The van der Waals surface area contributed by atoms with E-state index in [4.69, 9.17) is 9.47 Å². The number of nitrogens with one attached hydrogen (secondary N) is 2. The van der Waals surface area contributed by atoms with Crippen LogP contribution in [0.4, 0.5) is 11.4 Å². The van der Waals surface area contributed by atoms with E-state index >= 15 is 0 Å². The Morgan fingerprint density at radius 2 is 1.38 bits per heavy atom. The van der Waals surface area contributed by atoms with Gasteiger partial charge in [-0.15, -0.1) is 0 Å². The third-order valence-electron chi connectivity index (χ3n) is 3.95. The molecule has 170 valence electrons. The van der Waals surface area contributed by atoms with Gasteiger partial charge in [0.2, 0.25) is 17.9 Å². The minimum absolute atomic E-state index is 0.115. The van der Waals surface area contributed by atoms with Crippen LogP contribution in [0.5, 0.6) is 0 Å². The molecule has 0 aliphatic heterocycles. The lowest BCUT2D eigenvalue weighted by Gasteiger charge is -2.21. The predicted molar refractivity (Wildman–Crippen MR) is 144 cm³/mol. The maximum Gasteiger partial charge on any atom is 0.352 e. The van der Waals surface area contributed by atoms with Crippen LogP contribution in [0.3, 0.4) is 0 Å². The summed E-state index contributed by atoms with van der Waals surface area (Å²) in [6.45, 7) is 4.46. The number of halogens is 3. The van der Waals surface area contributed by atoms with E-state index in [1.165, 1.54) is 13.8 Å². The number of hydrogen-bond acceptors (Lipinski definition) is 6. The molecule has 2 rings (SSSR count). The molecule has 0 bridgehead atoms. The SMILES string of the molecule is CCOC(=O)C(OC(=O)c1c(I)c(NC(C)=O)c(I)c(NC(C)=O)c1I)c1ccccc1. The fourth-order valence-corrected chi connectivity index (χ4v) is 6.82. The maximum atomic E-state index is 13.3. The van der Waals surface area contributed by atoms with E-state index in [1.54, 1.807) is 37.3 Å². The normalized spacial score (nSPS) is 11.3. The molecule has 8 nitrogen and oxygen atoms in total. The fraction of sp³-hybridized carbons (Fsp3) is 0.238. The summed E-state index contributed by atoms with van der Waals surface area (Å²) in [6, 6.07) is 8.53. The van der Waals surface area contributed by atoms with Gasteiger partial charge in [-0.3, -0.25) is 9.59 Å². The summed E-state index contributed by atoms with van der Waals surface area (Å²) in [4.78, 5) is 49.4. The van der Waals surface area contributed by atoms with Crippen molar-refractivity contribution in [3.63, 3.8) is 0 Å². The molecule has 11 heteroatoms. The van der Waals surface area contributed by atoms with Crippen molar-refractivity contribution in [3.05, 3.63) is 52.2 Å². The van der Waals surface area contributed by atoms with Crippen LogP contribution in [0, 0.1) is 10.7 Å². The monoisotopic (exact) mass is 776 g/mol. The van der Waals surface area contributed by atoms with Gasteiger partial charge in [-0.1, -0.05) is 30.3 Å². The van der Waals surface area contributed by atoms with Crippen LogP contribution < -0.4 is 10.6 Å². The number of benzene rings is 2. The second kappa shape index (κ2) is 12.1. The highest BCUT2D eigenvalue weighted by molar-refractivity contribution is 14.1. The zero-order valence-corrected chi connectivity index (χ0v) is 23.7. The van der Waals surface area contributed by atoms with Gasteiger partial charge < -0.3 is 20.1 Å². The van der Waals surface area contributed by atoms with Gasteiger partial charge in [-0.05, 0) is 74.7 Å². The molecular weight excluding hydrogens is 757 g/mol. The van der Waals surface area contributed by atoms with Crippen molar-refractivity contribution in [2.75, 3.05) is 17.2 Å². The Morgan fingerprint density at radius 3 is 1.81 bits per heavy atom. The van der Waals surface area contributed by atoms with E-state index in [9.17, 15) is 19.2 Å². The van der Waals surface area contributed by atoms with Crippen LogP contribution in [0.2, 0.25) is 0 Å². The molecule has 1 atom stereocenters. The molecule has 0 heterocycles. The van der Waals surface area contributed by atoms with Gasteiger partial charge in [-0.2, -0.15) is 0 Å². The largest absolute Gasteiger partial charge is 0.463 e. The molecule has 32 heavy (non-hydrogen) atoms. The summed E-state index contributed by atoms with van der Waals surface area (Å²) < 4.78 is 12.1. The molecule has 0 spiro atoms. The summed E-state index contributed by atoms with van der Waals surface area (Å²) in [5, 5.41) is 5.40. The van der Waals surface area contributed by atoms with Gasteiger partial charge >= 0.3 is 11.9 Å². The number of anilines is 2. The van der Waals surface area contributed by atoms with Crippen molar-refractivity contribution in [1.29, 1.82) is 0 Å².